The molecule has 3 aromatic rings. The van der Waals surface area contributed by atoms with Crippen LogP contribution in [0.1, 0.15) is 97.9 Å². The topological polar surface area (TPSA) is 159 Å². The monoisotopic (exact) mass is 927 g/mol. The van der Waals surface area contributed by atoms with Crippen molar-refractivity contribution in [3.8, 4) is 11.1 Å². The van der Waals surface area contributed by atoms with Crippen LogP contribution in [0.4, 0.5) is 4.79 Å². The van der Waals surface area contributed by atoms with Crippen LogP contribution >= 0.6 is 0 Å². The molecule has 15 nitrogen and oxygen atoms in total. The van der Waals surface area contributed by atoms with E-state index >= 15 is 0 Å². The predicted octanol–water partition coefficient (Wildman–Crippen LogP) is 6.02. The Hall–Kier alpha value is -5.35. The zero-order valence-corrected chi connectivity index (χ0v) is 41.4. The van der Waals surface area contributed by atoms with Gasteiger partial charge in [-0.2, -0.15) is 0 Å². The van der Waals surface area contributed by atoms with E-state index in [1.807, 2.05) is 139 Å². The van der Waals surface area contributed by atoms with Gasteiger partial charge in [-0.25, -0.2) is 4.79 Å². The molecule has 0 saturated carbocycles. The van der Waals surface area contributed by atoms with E-state index < -0.39 is 46.8 Å². The molecule has 2 aliphatic rings. The summed E-state index contributed by atoms with van der Waals surface area (Å²) in [6.07, 6.45) is -0.730. The molecule has 5 rings (SSSR count). The van der Waals surface area contributed by atoms with E-state index in [4.69, 9.17) is 18.9 Å². The number of rotatable bonds is 14. The van der Waals surface area contributed by atoms with E-state index in [-0.39, 0.29) is 50.7 Å². The van der Waals surface area contributed by atoms with Gasteiger partial charge in [0.15, 0.2) is 0 Å². The molecular formula is C52H74N6O9. The second-order valence-corrected chi connectivity index (χ2v) is 20.6. The number of hydrogen-bond acceptors (Lipinski definition) is 13. The lowest BCUT2D eigenvalue weighted by Crippen LogP contribution is -2.55. The van der Waals surface area contributed by atoms with Gasteiger partial charge in [0.25, 0.3) is 0 Å². The summed E-state index contributed by atoms with van der Waals surface area (Å²) < 4.78 is 23.1. The summed E-state index contributed by atoms with van der Waals surface area (Å²) in [5.74, 6) is -1.73. The second kappa shape index (κ2) is 23.6. The highest BCUT2D eigenvalue weighted by Gasteiger charge is 2.32. The molecule has 0 radical (unpaired) electrons. The fourth-order valence-electron chi connectivity index (χ4n) is 8.28. The number of amides is 2. The van der Waals surface area contributed by atoms with Crippen molar-refractivity contribution in [3.63, 3.8) is 0 Å². The first-order valence-electron chi connectivity index (χ1n) is 23.5. The number of fused-ring (bicyclic) bond motifs is 3. The molecule has 1 fully saturated rings. The molecular weight excluding hydrogens is 853 g/mol. The van der Waals surface area contributed by atoms with Gasteiger partial charge in [-0.1, -0.05) is 78.9 Å². The van der Waals surface area contributed by atoms with Gasteiger partial charge in [0.05, 0.1) is 25.7 Å². The van der Waals surface area contributed by atoms with Crippen LogP contribution in [0.15, 0.2) is 78.9 Å². The number of carbonyl (C=O) groups is 5. The summed E-state index contributed by atoms with van der Waals surface area (Å²) in [7, 11) is 0. The molecule has 1 saturated heterocycles. The standard InChI is InChI=1S/C52H74N6O9/c1-37(38-18-12-11-13-19-38)53-48(62)44(54-49(63)64-36-43-41-22-16-14-20-39(41)40-21-15-17-23-42(40)43)32-55-24-26-56(33-45(59)65-50(2,3)4)28-30-58(35-47(61)67-52(8,9)10)31-29-57(27-25-55)34-46(60)66-51(5,6)7/h11-23,37,43-44H,24-36H2,1-10H3,(H,53,62)(H,54,63)/t37-,44?/m1/s1. The minimum Gasteiger partial charge on any atom is -0.459 e. The molecule has 1 aliphatic heterocycles. The van der Waals surface area contributed by atoms with Gasteiger partial charge >= 0.3 is 24.0 Å². The maximum absolute atomic E-state index is 14.4. The smallest absolute Gasteiger partial charge is 0.407 e. The molecule has 1 aliphatic carbocycles. The zero-order chi connectivity index (χ0) is 48.9. The molecule has 3 aromatic carbocycles. The molecule has 366 valence electrons. The van der Waals surface area contributed by atoms with Crippen molar-refractivity contribution in [1.29, 1.82) is 0 Å². The van der Waals surface area contributed by atoms with E-state index in [1.165, 1.54) is 0 Å². The number of esters is 3. The number of hydrogen-bond donors (Lipinski definition) is 2. The van der Waals surface area contributed by atoms with Gasteiger partial charge in [-0.3, -0.25) is 38.8 Å². The van der Waals surface area contributed by atoms with Crippen LogP contribution in [0.5, 0.6) is 0 Å². The average Bonchev–Trinajstić information content (AvgIpc) is 3.55. The number of alkyl carbamates (subject to hydrolysis) is 1. The Labute approximate surface area is 397 Å². The van der Waals surface area contributed by atoms with Gasteiger partial charge in [0.2, 0.25) is 5.91 Å². The van der Waals surface area contributed by atoms with Crippen LogP contribution in [0.3, 0.4) is 0 Å². The van der Waals surface area contributed by atoms with Gasteiger partial charge in [-0.15, -0.1) is 0 Å². The van der Waals surface area contributed by atoms with E-state index in [2.05, 4.69) is 39.8 Å². The lowest BCUT2D eigenvalue weighted by Gasteiger charge is -2.35. The Morgan fingerprint density at radius 1 is 0.537 bits per heavy atom. The van der Waals surface area contributed by atoms with Crippen molar-refractivity contribution in [2.75, 3.05) is 85.1 Å². The maximum Gasteiger partial charge on any atom is 0.407 e. The molecule has 1 heterocycles. The third-order valence-corrected chi connectivity index (χ3v) is 11.3. The van der Waals surface area contributed by atoms with Crippen LogP contribution in [0.25, 0.3) is 11.1 Å². The third kappa shape index (κ3) is 17.7. The van der Waals surface area contributed by atoms with E-state index in [1.54, 1.807) is 0 Å². The Morgan fingerprint density at radius 2 is 0.910 bits per heavy atom. The summed E-state index contributed by atoms with van der Waals surface area (Å²) in [5, 5.41) is 6.02. The Kier molecular flexibility index (Phi) is 18.5. The van der Waals surface area contributed by atoms with Crippen molar-refractivity contribution in [1.82, 2.24) is 30.2 Å². The second-order valence-electron chi connectivity index (χ2n) is 20.6. The molecule has 2 atom stereocenters. The highest BCUT2D eigenvalue weighted by Crippen LogP contribution is 2.44. The molecule has 2 amide bonds. The van der Waals surface area contributed by atoms with Gasteiger partial charge < -0.3 is 29.6 Å². The number of nitrogens with zero attached hydrogens (tertiary/aromatic N) is 4. The Morgan fingerprint density at radius 3 is 1.31 bits per heavy atom. The van der Waals surface area contributed by atoms with Crippen LogP contribution in [-0.2, 0) is 38.1 Å². The molecule has 15 heteroatoms. The van der Waals surface area contributed by atoms with Crippen molar-refractivity contribution in [2.45, 2.75) is 104 Å². The summed E-state index contributed by atoms with van der Waals surface area (Å²) in [4.78, 5) is 76.1. The van der Waals surface area contributed by atoms with Gasteiger partial charge in [0, 0.05) is 64.8 Å². The minimum absolute atomic E-state index is 0.00728. The summed E-state index contributed by atoms with van der Waals surface area (Å²) >= 11 is 0. The lowest BCUT2D eigenvalue weighted by molar-refractivity contribution is -0.158. The van der Waals surface area contributed by atoms with Gasteiger partial charge in [0.1, 0.15) is 29.5 Å². The third-order valence-electron chi connectivity index (χ3n) is 11.3. The quantitative estimate of drug-likeness (QED) is 0.143. The number of benzene rings is 3. The predicted molar refractivity (Wildman–Crippen MR) is 258 cm³/mol. The van der Waals surface area contributed by atoms with Crippen LogP contribution in [0, 0.1) is 0 Å². The van der Waals surface area contributed by atoms with Crippen LogP contribution in [-0.4, -0.2) is 157 Å². The fraction of sp³-hybridized carbons (Fsp3) is 0.558. The highest BCUT2D eigenvalue weighted by atomic mass is 16.6. The molecule has 0 aromatic heterocycles. The summed E-state index contributed by atoms with van der Waals surface area (Å²) in [6, 6.07) is 24.4. The highest BCUT2D eigenvalue weighted by molar-refractivity contribution is 5.86. The van der Waals surface area contributed by atoms with Gasteiger partial charge in [-0.05, 0) is 97.1 Å². The van der Waals surface area contributed by atoms with Crippen molar-refractivity contribution >= 4 is 29.9 Å². The lowest BCUT2D eigenvalue weighted by atomic mass is 9.98. The summed E-state index contributed by atoms with van der Waals surface area (Å²) in [5.41, 5.74) is 3.18. The number of carbonyl (C=O) groups excluding carboxylic acids is 5. The molecule has 0 bridgehead atoms. The van der Waals surface area contributed by atoms with Crippen molar-refractivity contribution in [3.05, 3.63) is 95.6 Å². The van der Waals surface area contributed by atoms with Crippen LogP contribution < -0.4 is 10.6 Å². The Bertz CT molecular complexity index is 2040. The van der Waals surface area contributed by atoms with E-state index in [9.17, 15) is 24.0 Å². The molecule has 1 unspecified atom stereocenters. The number of nitrogens with one attached hydrogen (secondary N) is 2. The normalized spacial score (nSPS) is 17.1. The van der Waals surface area contributed by atoms with Crippen molar-refractivity contribution in [2.24, 2.45) is 0 Å². The summed E-state index contributed by atoms with van der Waals surface area (Å²) in [6.45, 7) is 21.6. The fourth-order valence-corrected chi connectivity index (χ4v) is 8.28. The van der Waals surface area contributed by atoms with Crippen molar-refractivity contribution < 1.29 is 42.9 Å². The number of ether oxygens (including phenoxy) is 4. The van der Waals surface area contributed by atoms with E-state index in [0.717, 1.165) is 27.8 Å². The molecule has 67 heavy (non-hydrogen) atoms. The largest absolute Gasteiger partial charge is 0.459 e. The zero-order valence-electron chi connectivity index (χ0n) is 41.4. The van der Waals surface area contributed by atoms with E-state index in [0.29, 0.717) is 52.4 Å². The SMILES string of the molecule is C[C@@H](NC(=O)C(CN1CCN(CC(=O)OC(C)(C)C)CCN(CC(=O)OC(C)(C)C)CCN(CC(=O)OC(C)(C)C)CC1)NC(=O)OCC1c2ccccc2-c2ccccc21)c1ccccc1. The van der Waals surface area contributed by atoms with Crippen LogP contribution in [0.2, 0.25) is 0 Å². The first-order chi connectivity index (χ1) is 31.5. The first kappa shape index (κ1) is 52.6. The average molecular weight is 927 g/mol. The minimum atomic E-state index is -1.06. The maximum atomic E-state index is 14.4. The molecule has 2 N–H and O–H groups in total. The Balaban J connectivity index is 1.41. The molecule has 0 spiro atoms. The first-order valence-corrected chi connectivity index (χ1v) is 23.5.